The molecule has 0 spiro atoms. The van der Waals surface area contributed by atoms with Gasteiger partial charge in [0, 0.05) is 48.3 Å². The van der Waals surface area contributed by atoms with Crippen molar-refractivity contribution in [3.05, 3.63) is 117 Å². The lowest BCUT2D eigenvalue weighted by Gasteiger charge is -2.54. The van der Waals surface area contributed by atoms with Crippen LogP contribution in [-0.4, -0.2) is 231 Å². The standard InChI is InChI=1S/C92H122ClN13O26S/c1-8-9-10-13-24-133(125,126)97-23-12-11-22-96-39-55-60(109)36-54-68(77(55)113)53-32-46(14-19-59(53)108)70-85(119)106-74(89(123)104-72(54)87(121)101-69-49-28-44-27-45(30-49)31-50(69)29-44)76(112)48-16-21-62(56(93)33-48)129-64-35-51-34-63(80(64)132-90-81(79(115)78(114)65(40-107)130-90)131-67-38-92(6,94)82(116)43(5)127-67)128-61-20-15-47(26-42(61)4)75(111)73(105-83(117)57(95-7)25-41(2)3)88(122)99-58(84(118)102-71(51)86(120)103-70)37-66(110)100-91(124)98-52-17-18-52/h14-16,19-21,26,32-36,41,43-45,49-50,52,57-58,65,67,69-76,78-79,81-82,90,95-97,107-109,111-116H,8-13,17-18,22-25,27-31,37-40,94H2,1-7H3,(H,99,122)(H,101,121)(H,102,118)(H,103,120)(H,104,123)(H,105,117)(H,106,119)(H2,98,100,110,124)/t43-,44?,45?,49?,50?,57+,58-,65+,67-,69?,70+,71+,72-,73+,74-,75+,76+,78+,79-,81+,82+,90-,92-/m0/s1. The average molecular weight is 1890 g/mol. The minimum Gasteiger partial charge on any atom is -0.507 e. The summed E-state index contributed by atoms with van der Waals surface area (Å²) in [5.41, 5.74) is 2.92. The Bertz CT molecular complexity index is 5270. The molecule has 724 valence electrons. The van der Waals surface area contributed by atoms with Crippen LogP contribution in [0.2, 0.25) is 5.02 Å². The van der Waals surface area contributed by atoms with E-state index in [1.54, 1.807) is 0 Å². The van der Waals surface area contributed by atoms with Gasteiger partial charge >= 0.3 is 6.03 Å². The van der Waals surface area contributed by atoms with E-state index in [1.807, 2.05) is 20.8 Å². The predicted octanol–water partition coefficient (Wildman–Crippen LogP) is 3.49. The Labute approximate surface area is 774 Å². The Balaban J connectivity index is 0.949. The lowest BCUT2D eigenvalue weighted by Crippen LogP contribution is -2.64. The maximum atomic E-state index is 16.8. The predicted molar refractivity (Wildman–Crippen MR) is 478 cm³/mol. The molecule has 10 amide bonds. The number of nitrogens with one attached hydrogen (secondary N) is 12. The summed E-state index contributed by atoms with van der Waals surface area (Å²) in [6.45, 7) is 9.22. The van der Waals surface area contributed by atoms with Gasteiger partial charge in [0.05, 0.1) is 47.6 Å². The third-order valence-corrected chi connectivity index (χ3v) is 28.4. The number of ether oxygens (including phenoxy) is 6. The number of aliphatic hydroxyl groups excluding tert-OH is 6. The van der Waals surface area contributed by atoms with Crippen LogP contribution < -0.4 is 83.2 Å². The highest BCUT2D eigenvalue weighted by molar-refractivity contribution is 7.89. The molecule has 7 aliphatic heterocycles. The zero-order valence-corrected chi connectivity index (χ0v) is 76.5. The van der Waals surface area contributed by atoms with Crippen LogP contribution in [0.25, 0.3) is 11.1 Å². The summed E-state index contributed by atoms with van der Waals surface area (Å²) in [6.07, 6.45) is -9.51. The second-order valence-electron chi connectivity index (χ2n) is 37.4. The van der Waals surface area contributed by atoms with E-state index >= 15 is 28.8 Å². The number of sulfonamides is 1. The lowest BCUT2D eigenvalue weighted by molar-refractivity contribution is -0.333. The van der Waals surface area contributed by atoms with Gasteiger partial charge in [-0.25, -0.2) is 17.9 Å². The molecule has 18 atom stereocenters. The number of amides is 10. The number of carbonyl (C=O) groups is 9. The summed E-state index contributed by atoms with van der Waals surface area (Å²) in [5, 5.41) is 139. The van der Waals surface area contributed by atoms with E-state index in [0.29, 0.717) is 43.9 Å². The Morgan fingerprint density at radius 2 is 1.35 bits per heavy atom. The number of aliphatic hydroxyl groups is 6. The summed E-state index contributed by atoms with van der Waals surface area (Å²) in [7, 11) is -2.08. The van der Waals surface area contributed by atoms with Crippen molar-refractivity contribution in [1.82, 2.24) is 63.2 Å². The molecule has 39 nitrogen and oxygen atoms in total. The molecule has 15 bridgehead atoms. The van der Waals surface area contributed by atoms with E-state index in [-0.39, 0.29) is 112 Å². The van der Waals surface area contributed by atoms with Crippen molar-refractivity contribution >= 4 is 74.9 Å². The van der Waals surface area contributed by atoms with Crippen molar-refractivity contribution in [1.29, 1.82) is 0 Å². The number of fused-ring (bicyclic) bond motifs is 15. The largest absolute Gasteiger partial charge is 0.507 e. The molecule has 12 aliphatic rings. The zero-order chi connectivity index (χ0) is 95.5. The summed E-state index contributed by atoms with van der Waals surface area (Å²) in [5.74, 6) is -13.4. The van der Waals surface area contributed by atoms with Crippen LogP contribution >= 0.6 is 11.6 Å². The third kappa shape index (κ3) is 22.8. The van der Waals surface area contributed by atoms with Crippen molar-refractivity contribution in [3.8, 4) is 57.1 Å². The Morgan fingerprint density at radius 3 is 2.00 bits per heavy atom. The highest BCUT2D eigenvalue weighted by atomic mass is 35.5. The average Bonchev–Trinajstić information content (AvgIpc) is 1.63. The van der Waals surface area contributed by atoms with E-state index in [4.69, 9.17) is 45.8 Å². The summed E-state index contributed by atoms with van der Waals surface area (Å²) in [4.78, 5) is 139. The molecule has 41 heteroatoms. The molecule has 7 fully saturated rings. The van der Waals surface area contributed by atoms with Crippen LogP contribution in [0, 0.1) is 36.5 Å². The number of rotatable bonds is 28. The topological polar surface area (TPSA) is 596 Å². The minimum absolute atomic E-state index is 0.0152. The maximum absolute atomic E-state index is 16.8. The van der Waals surface area contributed by atoms with E-state index in [2.05, 4.69) is 63.2 Å². The number of phenols is 3. The van der Waals surface area contributed by atoms with Crippen LogP contribution in [-0.2, 0) is 69.1 Å². The number of urea groups is 1. The van der Waals surface area contributed by atoms with Gasteiger partial charge in [0.2, 0.25) is 69.3 Å². The quantitative estimate of drug-likeness (QED) is 0.0319. The molecule has 5 aromatic rings. The number of carbonyl (C=O) groups excluding carboxylic acids is 9. The molecule has 0 radical (unpaired) electrons. The number of phenolic OH excluding ortho intramolecular Hbond substituents is 3. The Morgan fingerprint density at radius 1 is 0.692 bits per heavy atom. The van der Waals surface area contributed by atoms with Crippen LogP contribution in [0.3, 0.4) is 0 Å². The van der Waals surface area contributed by atoms with Crippen molar-refractivity contribution in [2.75, 3.05) is 32.5 Å². The molecule has 5 aliphatic carbocycles. The van der Waals surface area contributed by atoms with E-state index in [9.17, 15) is 68.8 Å². The fourth-order valence-electron chi connectivity index (χ4n) is 19.6. The molecule has 5 aromatic carbocycles. The molecule has 23 N–H and O–H groups in total. The lowest BCUT2D eigenvalue weighted by atomic mass is 9.54. The summed E-state index contributed by atoms with van der Waals surface area (Å²) in [6, 6.07) is -1.73. The van der Waals surface area contributed by atoms with Crippen LogP contribution in [0.4, 0.5) is 4.79 Å². The van der Waals surface area contributed by atoms with E-state index < -0.39 is 242 Å². The molecule has 133 heavy (non-hydrogen) atoms. The molecule has 0 unspecified atom stereocenters. The number of hydrogen-bond acceptors (Lipinski definition) is 29. The SMILES string of the molecule is CCCCCCS(=O)(=O)NCCCCNCc1c(O)cc2c(c1O)-c1cc(ccc1O)[C@H]1NC(=O)[C@@H]3NC(=O)[C@H](CC(=O)NC(=O)NC4CC4)NC(=O)[C@H](NC(=O)[C@@H](CC(C)C)NC)[C@H](O)c4ccc(c(C)c4)Oc4cc3cc(c4O[C@@H]3O[C@H](CO)[C@@H](O)[C@H](O)[C@H]3O[C@H]3C[C@](C)(N)[C@H](O)[C@H](C)O3)Oc3ccc(cc3Cl)[C@@H](O)[C@H](NC1=O)C(=O)N[C@@H]2C(=O)NC1C2CC3CC(C2)CC1C3. The first-order valence-electron chi connectivity index (χ1n) is 45.6. The Hall–Kier alpha value is -10.2. The molecule has 2 saturated heterocycles. The molecule has 7 heterocycles. The van der Waals surface area contributed by atoms with Gasteiger partial charge in [-0.3, -0.25) is 43.7 Å². The zero-order valence-electron chi connectivity index (χ0n) is 75.0. The van der Waals surface area contributed by atoms with Crippen molar-refractivity contribution in [3.63, 3.8) is 0 Å². The number of likely N-dealkylation sites (N-methyl/N-ethyl adjacent to an activating group) is 1. The van der Waals surface area contributed by atoms with E-state index in [0.717, 1.165) is 93.8 Å². The number of nitrogens with two attached hydrogens (primary N) is 1. The van der Waals surface area contributed by atoms with Crippen LogP contribution in [0.15, 0.2) is 72.8 Å². The highest BCUT2D eigenvalue weighted by Gasteiger charge is 2.54. The fraction of sp³-hybridized carbons (Fsp3) is 0.576. The van der Waals surface area contributed by atoms with Gasteiger partial charge < -0.3 is 133 Å². The number of halogens is 1. The van der Waals surface area contributed by atoms with Crippen molar-refractivity contribution < 1.29 is 126 Å². The monoisotopic (exact) mass is 1890 g/mol. The third-order valence-electron chi connectivity index (χ3n) is 26.7. The number of imide groups is 1. The summed E-state index contributed by atoms with van der Waals surface area (Å²) >= 11 is 7.35. The van der Waals surface area contributed by atoms with Gasteiger partial charge in [-0.05, 0) is 223 Å². The Kier molecular flexibility index (Phi) is 31.2. The van der Waals surface area contributed by atoms with Crippen molar-refractivity contribution in [2.45, 2.75) is 272 Å². The highest BCUT2D eigenvalue weighted by Crippen LogP contribution is 2.55. The van der Waals surface area contributed by atoms with Gasteiger partial charge in [-0.15, -0.1) is 0 Å². The molecule has 5 saturated carbocycles. The number of benzene rings is 5. The van der Waals surface area contributed by atoms with Gasteiger partial charge in [-0.2, -0.15) is 0 Å². The molecular formula is C92H122ClN13O26S. The van der Waals surface area contributed by atoms with Crippen molar-refractivity contribution in [2.24, 2.45) is 35.3 Å². The molecule has 17 rings (SSSR count). The maximum Gasteiger partial charge on any atom is 0.321 e. The van der Waals surface area contributed by atoms with E-state index in [1.165, 1.54) is 58.2 Å². The summed E-state index contributed by atoms with van der Waals surface area (Å²) < 4.78 is 67.8. The molecule has 0 aromatic heterocycles. The van der Waals surface area contributed by atoms with Crippen LogP contribution in [0.1, 0.15) is 207 Å². The molecular weight excluding hydrogens is 1770 g/mol. The number of aromatic hydroxyl groups is 3. The van der Waals surface area contributed by atoms with Crippen LogP contribution in [0.5, 0.6) is 46.0 Å². The van der Waals surface area contributed by atoms with Gasteiger partial charge in [0.25, 0.3) is 0 Å². The second-order valence-corrected chi connectivity index (χ2v) is 39.8. The first kappa shape index (κ1) is 98.8. The normalized spacial score (nSPS) is 30.0. The number of hydrogen-bond donors (Lipinski definition) is 22. The van der Waals surface area contributed by atoms with Gasteiger partial charge in [0.15, 0.2) is 23.9 Å². The second kappa shape index (κ2) is 42.0. The first-order chi connectivity index (χ1) is 63.3. The minimum atomic E-state index is -3.57. The number of aryl methyl sites for hydroxylation is 1. The first-order valence-corrected chi connectivity index (χ1v) is 47.7. The fourth-order valence-corrected chi connectivity index (χ4v) is 21.0. The number of unbranched alkanes of at least 4 members (excludes halogenated alkanes) is 4. The van der Waals surface area contributed by atoms with Gasteiger partial charge in [-0.1, -0.05) is 69.8 Å². The van der Waals surface area contributed by atoms with Gasteiger partial charge in [0.1, 0.15) is 95.5 Å². The smallest absolute Gasteiger partial charge is 0.321 e.